The van der Waals surface area contributed by atoms with E-state index in [-0.39, 0.29) is 23.5 Å². The zero-order valence-corrected chi connectivity index (χ0v) is 14.1. The number of hydrazone groups is 1. The van der Waals surface area contributed by atoms with Crippen LogP contribution in [0.1, 0.15) is 5.56 Å². The first-order chi connectivity index (χ1) is 13.0. The number of rotatable bonds is 6. The van der Waals surface area contributed by atoms with Crippen molar-refractivity contribution in [2.45, 2.75) is 0 Å². The number of phenolic OH excluding ortho intramolecular Hbond substituents is 1. The molecule has 0 aliphatic carbocycles. The molecular weight excluding hydrogens is 348 g/mol. The highest BCUT2D eigenvalue weighted by Gasteiger charge is 2.09. The molecule has 136 valence electrons. The molecule has 0 radical (unpaired) electrons. The molecule has 8 nitrogen and oxygen atoms in total. The van der Waals surface area contributed by atoms with E-state index in [0.29, 0.717) is 0 Å². The number of aromatic hydroxyl groups is 1. The second-order valence-corrected chi connectivity index (χ2v) is 5.71. The van der Waals surface area contributed by atoms with Crippen molar-refractivity contribution >= 4 is 34.3 Å². The van der Waals surface area contributed by atoms with Crippen LogP contribution in [-0.2, 0) is 4.79 Å². The van der Waals surface area contributed by atoms with Crippen molar-refractivity contribution in [2.24, 2.45) is 5.10 Å². The lowest BCUT2D eigenvalue weighted by Gasteiger charge is -2.06. The number of benzene rings is 3. The number of amides is 1. The molecule has 0 saturated heterocycles. The Morgan fingerprint density at radius 2 is 1.89 bits per heavy atom. The molecule has 3 N–H and O–H groups in total. The Labute approximate surface area is 154 Å². The molecule has 1 amide bonds. The lowest BCUT2D eigenvalue weighted by atomic mass is 10.1. The number of non-ortho nitro benzene ring substituents is 1. The number of nitrogens with zero attached hydrogens (tertiary/aromatic N) is 2. The summed E-state index contributed by atoms with van der Waals surface area (Å²) in [5.74, 6) is -0.572. The Balaban J connectivity index is 1.57. The SMILES string of the molecule is O=C(CNc1ccc2ccccc2c1)NN=Cc1cc([N+](=O)[O-])ccc1O. The maximum absolute atomic E-state index is 11.9. The third kappa shape index (κ3) is 4.57. The third-order valence-corrected chi connectivity index (χ3v) is 3.82. The molecule has 3 rings (SSSR count). The van der Waals surface area contributed by atoms with Crippen LogP contribution in [-0.4, -0.2) is 28.7 Å². The van der Waals surface area contributed by atoms with Gasteiger partial charge in [0.05, 0.1) is 17.7 Å². The average Bonchev–Trinajstić information content (AvgIpc) is 2.67. The van der Waals surface area contributed by atoms with Gasteiger partial charge in [-0.05, 0) is 29.0 Å². The van der Waals surface area contributed by atoms with Crippen LogP contribution in [0.25, 0.3) is 10.8 Å². The molecule has 0 saturated carbocycles. The maximum Gasteiger partial charge on any atom is 0.270 e. The minimum atomic E-state index is -0.581. The van der Waals surface area contributed by atoms with E-state index in [1.54, 1.807) is 0 Å². The molecule has 3 aromatic carbocycles. The number of phenols is 1. The summed E-state index contributed by atoms with van der Waals surface area (Å²) in [6, 6.07) is 17.2. The number of hydrogen-bond acceptors (Lipinski definition) is 6. The fourth-order valence-electron chi connectivity index (χ4n) is 2.45. The normalized spacial score (nSPS) is 10.8. The van der Waals surface area contributed by atoms with Gasteiger partial charge in [0, 0.05) is 23.4 Å². The standard InChI is InChI=1S/C19H16N4O4/c24-18-8-7-17(23(26)27)10-15(18)11-21-22-19(25)12-20-16-6-5-13-3-1-2-4-14(13)9-16/h1-11,20,24H,12H2,(H,22,25). The zero-order valence-electron chi connectivity index (χ0n) is 14.1. The van der Waals surface area contributed by atoms with Crippen molar-refractivity contribution in [3.8, 4) is 5.75 Å². The fraction of sp³-hybridized carbons (Fsp3) is 0.0526. The smallest absolute Gasteiger partial charge is 0.270 e. The van der Waals surface area contributed by atoms with Crippen LogP contribution in [0.4, 0.5) is 11.4 Å². The summed E-state index contributed by atoms with van der Waals surface area (Å²) in [6.45, 7) is -0.00337. The van der Waals surface area contributed by atoms with Crippen molar-refractivity contribution in [2.75, 3.05) is 11.9 Å². The van der Waals surface area contributed by atoms with Gasteiger partial charge in [0.25, 0.3) is 11.6 Å². The minimum absolute atomic E-state index is 0.00337. The van der Waals surface area contributed by atoms with Gasteiger partial charge in [0.1, 0.15) is 5.75 Å². The van der Waals surface area contributed by atoms with Gasteiger partial charge in [-0.3, -0.25) is 14.9 Å². The molecule has 0 fully saturated rings. The van der Waals surface area contributed by atoms with Crippen molar-refractivity contribution in [3.63, 3.8) is 0 Å². The Morgan fingerprint density at radius 3 is 2.67 bits per heavy atom. The molecule has 0 unspecified atom stereocenters. The number of nitrogens with one attached hydrogen (secondary N) is 2. The number of carbonyl (C=O) groups excluding carboxylic acids is 1. The van der Waals surface area contributed by atoms with Gasteiger partial charge in [0.2, 0.25) is 0 Å². The highest BCUT2D eigenvalue weighted by molar-refractivity contribution is 5.88. The van der Waals surface area contributed by atoms with Crippen LogP contribution in [0.15, 0.2) is 65.8 Å². The van der Waals surface area contributed by atoms with E-state index in [0.717, 1.165) is 28.7 Å². The van der Waals surface area contributed by atoms with Gasteiger partial charge in [-0.2, -0.15) is 5.10 Å². The number of fused-ring (bicyclic) bond motifs is 1. The first kappa shape index (κ1) is 17.9. The average molecular weight is 364 g/mol. The second kappa shape index (κ2) is 7.96. The summed E-state index contributed by atoms with van der Waals surface area (Å²) in [5.41, 5.74) is 3.05. The molecule has 0 aromatic heterocycles. The van der Waals surface area contributed by atoms with Gasteiger partial charge < -0.3 is 10.4 Å². The predicted octanol–water partition coefficient (Wildman–Crippen LogP) is 3.02. The summed E-state index contributed by atoms with van der Waals surface area (Å²) in [4.78, 5) is 22.0. The third-order valence-electron chi connectivity index (χ3n) is 3.82. The summed E-state index contributed by atoms with van der Waals surface area (Å²) < 4.78 is 0. The molecule has 0 aliphatic rings. The summed E-state index contributed by atoms with van der Waals surface area (Å²) in [7, 11) is 0. The second-order valence-electron chi connectivity index (χ2n) is 5.71. The molecule has 0 spiro atoms. The maximum atomic E-state index is 11.9. The van der Waals surface area contributed by atoms with E-state index in [1.807, 2.05) is 42.5 Å². The molecule has 27 heavy (non-hydrogen) atoms. The van der Waals surface area contributed by atoms with Crippen molar-refractivity contribution in [1.82, 2.24) is 5.43 Å². The Hall–Kier alpha value is -3.94. The van der Waals surface area contributed by atoms with E-state index in [9.17, 15) is 20.0 Å². The number of carbonyl (C=O) groups is 1. The van der Waals surface area contributed by atoms with Gasteiger partial charge >= 0.3 is 0 Å². The van der Waals surface area contributed by atoms with Gasteiger partial charge in [-0.25, -0.2) is 5.43 Å². The first-order valence-electron chi connectivity index (χ1n) is 8.05. The zero-order chi connectivity index (χ0) is 19.2. The Kier molecular flexibility index (Phi) is 5.27. The molecular formula is C19H16N4O4. The van der Waals surface area contributed by atoms with Gasteiger partial charge in [0.15, 0.2) is 0 Å². The number of anilines is 1. The molecule has 0 heterocycles. The topological polar surface area (TPSA) is 117 Å². The first-order valence-corrected chi connectivity index (χ1v) is 8.05. The highest BCUT2D eigenvalue weighted by atomic mass is 16.6. The Bertz CT molecular complexity index is 1030. The molecule has 0 atom stereocenters. The quantitative estimate of drug-likeness (QED) is 0.353. The van der Waals surface area contributed by atoms with Crippen LogP contribution >= 0.6 is 0 Å². The fourth-order valence-corrected chi connectivity index (χ4v) is 2.45. The van der Waals surface area contributed by atoms with Crippen LogP contribution in [0.3, 0.4) is 0 Å². The van der Waals surface area contributed by atoms with Crippen molar-refractivity contribution < 1.29 is 14.8 Å². The van der Waals surface area contributed by atoms with Crippen LogP contribution < -0.4 is 10.7 Å². The van der Waals surface area contributed by atoms with Crippen molar-refractivity contribution in [3.05, 3.63) is 76.3 Å². The van der Waals surface area contributed by atoms with E-state index in [4.69, 9.17) is 0 Å². The van der Waals surface area contributed by atoms with E-state index < -0.39 is 10.8 Å². The molecule has 0 bridgehead atoms. The lowest BCUT2D eigenvalue weighted by Crippen LogP contribution is -2.25. The molecule has 8 heteroatoms. The Morgan fingerprint density at radius 1 is 1.11 bits per heavy atom. The number of nitro benzene ring substituents is 1. The van der Waals surface area contributed by atoms with Crippen LogP contribution in [0.2, 0.25) is 0 Å². The monoisotopic (exact) mass is 364 g/mol. The largest absolute Gasteiger partial charge is 0.507 e. The summed E-state index contributed by atoms with van der Waals surface area (Å²) >= 11 is 0. The summed E-state index contributed by atoms with van der Waals surface area (Å²) in [6.07, 6.45) is 1.15. The van der Waals surface area contributed by atoms with Crippen molar-refractivity contribution in [1.29, 1.82) is 0 Å². The highest BCUT2D eigenvalue weighted by Crippen LogP contribution is 2.21. The number of nitro groups is 1. The van der Waals surface area contributed by atoms with E-state index in [1.165, 1.54) is 12.1 Å². The van der Waals surface area contributed by atoms with Gasteiger partial charge in [-0.1, -0.05) is 30.3 Å². The van der Waals surface area contributed by atoms with Crippen LogP contribution in [0, 0.1) is 10.1 Å². The molecule has 0 aliphatic heterocycles. The van der Waals surface area contributed by atoms with Gasteiger partial charge in [-0.15, -0.1) is 0 Å². The van der Waals surface area contributed by atoms with E-state index >= 15 is 0 Å². The number of hydrogen-bond donors (Lipinski definition) is 3. The molecule has 3 aromatic rings. The van der Waals surface area contributed by atoms with Crippen LogP contribution in [0.5, 0.6) is 5.75 Å². The minimum Gasteiger partial charge on any atom is -0.507 e. The predicted molar refractivity (Wildman–Crippen MR) is 103 cm³/mol. The summed E-state index contributed by atoms with van der Waals surface area (Å²) in [5, 5.41) is 29.3. The van der Waals surface area contributed by atoms with E-state index in [2.05, 4.69) is 15.8 Å². The lowest BCUT2D eigenvalue weighted by molar-refractivity contribution is -0.384.